The fourth-order valence-corrected chi connectivity index (χ4v) is 4.05. The van der Waals surface area contributed by atoms with Crippen LogP contribution in [-0.2, 0) is 0 Å². The first-order valence-corrected chi connectivity index (χ1v) is 10.7. The lowest BCUT2D eigenvalue weighted by Gasteiger charge is -2.22. The molecule has 0 saturated carbocycles. The van der Waals surface area contributed by atoms with Crippen molar-refractivity contribution in [3.63, 3.8) is 0 Å². The number of methoxy groups -OCH3 is 1. The van der Waals surface area contributed by atoms with Gasteiger partial charge in [0.05, 0.1) is 7.11 Å². The van der Waals surface area contributed by atoms with E-state index in [0.29, 0.717) is 6.04 Å². The van der Waals surface area contributed by atoms with E-state index in [1.807, 2.05) is 60.7 Å². The van der Waals surface area contributed by atoms with Gasteiger partial charge in [0.2, 0.25) is 0 Å². The van der Waals surface area contributed by atoms with Crippen molar-refractivity contribution in [2.45, 2.75) is 18.7 Å². The molecule has 0 spiro atoms. The van der Waals surface area contributed by atoms with Gasteiger partial charge in [0.15, 0.2) is 6.23 Å². The molecule has 0 radical (unpaired) electrons. The van der Waals surface area contributed by atoms with Crippen molar-refractivity contribution in [3.8, 4) is 16.9 Å². The van der Waals surface area contributed by atoms with Crippen LogP contribution in [0.5, 0.6) is 5.75 Å². The monoisotopic (exact) mass is 417 g/mol. The zero-order valence-corrected chi connectivity index (χ0v) is 18.5. The third-order valence-electron chi connectivity index (χ3n) is 6.08. The standard InChI is InChI=1S/C26H31N3O2/c1-28(2)24-16-17-29(18-24)23-12-10-22(11-13-23)27-26(30)21-6-4-19(5-7-21)20-8-14-25(31-3)15-9-20/h4-15,24,26-27,30H,16-18H2,1-3H3. The van der Waals surface area contributed by atoms with Crippen LogP contribution in [0, 0.1) is 0 Å². The van der Waals surface area contributed by atoms with E-state index >= 15 is 0 Å². The van der Waals surface area contributed by atoms with Crippen molar-refractivity contribution < 1.29 is 9.84 Å². The minimum Gasteiger partial charge on any atom is -0.497 e. The predicted octanol–water partition coefficient (Wildman–Crippen LogP) is 4.61. The first-order chi connectivity index (χ1) is 15.0. The molecule has 31 heavy (non-hydrogen) atoms. The molecule has 5 heteroatoms. The van der Waals surface area contributed by atoms with Gasteiger partial charge in [-0.25, -0.2) is 0 Å². The Morgan fingerprint density at radius 2 is 1.55 bits per heavy atom. The van der Waals surface area contributed by atoms with Crippen molar-refractivity contribution in [1.82, 2.24) is 4.90 Å². The summed E-state index contributed by atoms with van der Waals surface area (Å²) in [4.78, 5) is 4.72. The summed E-state index contributed by atoms with van der Waals surface area (Å²) in [6.45, 7) is 2.14. The van der Waals surface area contributed by atoms with Gasteiger partial charge in [0, 0.05) is 36.1 Å². The Hall–Kier alpha value is -3.02. The first kappa shape index (κ1) is 21.2. The molecule has 1 aliphatic rings. The fraction of sp³-hybridized carbons (Fsp3) is 0.308. The van der Waals surface area contributed by atoms with Crippen LogP contribution in [-0.4, -0.2) is 50.3 Å². The lowest BCUT2D eigenvalue weighted by atomic mass is 10.0. The van der Waals surface area contributed by atoms with Gasteiger partial charge in [-0.3, -0.25) is 0 Å². The maximum Gasteiger partial charge on any atom is 0.150 e. The van der Waals surface area contributed by atoms with Crippen LogP contribution in [0.25, 0.3) is 11.1 Å². The Labute approximate surface area is 184 Å². The molecular formula is C26H31N3O2. The third-order valence-corrected chi connectivity index (χ3v) is 6.08. The Bertz CT molecular complexity index is 969. The molecule has 2 N–H and O–H groups in total. The lowest BCUT2D eigenvalue weighted by Crippen LogP contribution is -2.31. The van der Waals surface area contributed by atoms with Crippen molar-refractivity contribution in [3.05, 3.63) is 78.4 Å². The van der Waals surface area contributed by atoms with E-state index in [1.165, 1.54) is 12.1 Å². The third kappa shape index (κ3) is 5.01. The van der Waals surface area contributed by atoms with Crippen molar-refractivity contribution in [2.24, 2.45) is 0 Å². The van der Waals surface area contributed by atoms with E-state index in [0.717, 1.165) is 41.2 Å². The molecule has 0 bridgehead atoms. The van der Waals surface area contributed by atoms with Crippen molar-refractivity contribution in [1.29, 1.82) is 0 Å². The van der Waals surface area contributed by atoms with Gasteiger partial charge >= 0.3 is 0 Å². The molecule has 1 fully saturated rings. The topological polar surface area (TPSA) is 48.0 Å². The van der Waals surface area contributed by atoms with Gasteiger partial charge in [-0.2, -0.15) is 0 Å². The predicted molar refractivity (Wildman–Crippen MR) is 128 cm³/mol. The summed E-state index contributed by atoms with van der Waals surface area (Å²) in [6.07, 6.45) is 0.429. The number of likely N-dealkylation sites (N-methyl/N-ethyl adjacent to an activating group) is 1. The zero-order chi connectivity index (χ0) is 21.8. The number of aliphatic hydroxyl groups excluding tert-OH is 1. The van der Waals surface area contributed by atoms with E-state index in [-0.39, 0.29) is 0 Å². The van der Waals surface area contributed by atoms with Crippen LogP contribution in [0.3, 0.4) is 0 Å². The Balaban J connectivity index is 1.37. The summed E-state index contributed by atoms with van der Waals surface area (Å²) in [7, 11) is 5.96. The normalized spacial score (nSPS) is 17.1. The quantitative estimate of drug-likeness (QED) is 0.550. The molecule has 2 unspecified atom stereocenters. The minimum atomic E-state index is -0.763. The number of rotatable bonds is 7. The fourth-order valence-electron chi connectivity index (χ4n) is 4.05. The smallest absolute Gasteiger partial charge is 0.150 e. The number of aliphatic hydroxyl groups is 1. The van der Waals surface area contributed by atoms with Crippen LogP contribution in [0.1, 0.15) is 18.2 Å². The Morgan fingerprint density at radius 1 is 0.935 bits per heavy atom. The molecule has 5 nitrogen and oxygen atoms in total. The highest BCUT2D eigenvalue weighted by Crippen LogP contribution is 2.27. The second kappa shape index (κ2) is 9.41. The number of ether oxygens (including phenoxy) is 1. The second-order valence-electron chi connectivity index (χ2n) is 8.30. The molecule has 0 amide bonds. The largest absolute Gasteiger partial charge is 0.497 e. The number of hydrogen-bond acceptors (Lipinski definition) is 5. The average molecular weight is 418 g/mol. The molecule has 2 atom stereocenters. The zero-order valence-electron chi connectivity index (χ0n) is 18.5. The summed E-state index contributed by atoms with van der Waals surface area (Å²) < 4.78 is 5.22. The molecule has 0 aromatic heterocycles. The average Bonchev–Trinajstić information content (AvgIpc) is 3.30. The van der Waals surface area contributed by atoms with E-state index in [9.17, 15) is 5.11 Å². The van der Waals surface area contributed by atoms with Gasteiger partial charge in [-0.15, -0.1) is 0 Å². The number of nitrogens with one attached hydrogen (secondary N) is 1. The number of nitrogens with zero attached hydrogens (tertiary/aromatic N) is 2. The van der Waals surface area contributed by atoms with Crippen LogP contribution in [0.15, 0.2) is 72.8 Å². The molecular weight excluding hydrogens is 386 g/mol. The van der Waals surface area contributed by atoms with Crippen LogP contribution >= 0.6 is 0 Å². The highest BCUT2D eigenvalue weighted by Gasteiger charge is 2.24. The summed E-state index contributed by atoms with van der Waals surface area (Å²) >= 11 is 0. The van der Waals surface area contributed by atoms with Gasteiger partial charge < -0.3 is 25.0 Å². The maximum atomic E-state index is 10.6. The van der Waals surface area contributed by atoms with Crippen LogP contribution in [0.2, 0.25) is 0 Å². The highest BCUT2D eigenvalue weighted by molar-refractivity contribution is 5.64. The molecule has 3 aromatic rings. The van der Waals surface area contributed by atoms with Gasteiger partial charge in [-0.1, -0.05) is 36.4 Å². The van der Waals surface area contributed by atoms with E-state index in [4.69, 9.17) is 4.74 Å². The first-order valence-electron chi connectivity index (χ1n) is 10.7. The van der Waals surface area contributed by atoms with E-state index in [1.54, 1.807) is 7.11 Å². The van der Waals surface area contributed by atoms with Crippen LogP contribution in [0.4, 0.5) is 11.4 Å². The highest BCUT2D eigenvalue weighted by atomic mass is 16.5. The Kier molecular flexibility index (Phi) is 6.44. The summed E-state index contributed by atoms with van der Waals surface area (Å²) in [5.41, 5.74) is 5.18. The SMILES string of the molecule is COc1ccc(-c2ccc(C(O)Nc3ccc(N4CCC(N(C)C)C4)cc3)cc2)cc1. The van der Waals surface area contributed by atoms with Crippen molar-refractivity contribution >= 4 is 11.4 Å². The minimum absolute atomic E-state index is 0.612. The Morgan fingerprint density at radius 3 is 2.10 bits per heavy atom. The van der Waals surface area contributed by atoms with Crippen molar-refractivity contribution in [2.75, 3.05) is 44.5 Å². The van der Waals surface area contributed by atoms with E-state index < -0.39 is 6.23 Å². The van der Waals surface area contributed by atoms with Crippen LogP contribution < -0.4 is 15.0 Å². The van der Waals surface area contributed by atoms with Gasteiger partial charge in [-0.05, 0) is 68.0 Å². The summed E-state index contributed by atoms with van der Waals surface area (Å²) in [5.74, 6) is 0.841. The lowest BCUT2D eigenvalue weighted by molar-refractivity contribution is 0.208. The molecule has 0 aliphatic carbocycles. The molecule has 4 rings (SSSR count). The molecule has 1 aliphatic heterocycles. The van der Waals surface area contributed by atoms with Gasteiger partial charge in [0.25, 0.3) is 0 Å². The molecule has 162 valence electrons. The van der Waals surface area contributed by atoms with Gasteiger partial charge in [0.1, 0.15) is 5.75 Å². The number of hydrogen-bond donors (Lipinski definition) is 2. The molecule has 1 saturated heterocycles. The summed E-state index contributed by atoms with van der Waals surface area (Å²) in [6, 6.07) is 24.9. The second-order valence-corrected chi connectivity index (χ2v) is 8.30. The number of anilines is 2. The summed E-state index contributed by atoms with van der Waals surface area (Å²) in [5, 5.41) is 13.8. The maximum absolute atomic E-state index is 10.6. The van der Waals surface area contributed by atoms with E-state index in [2.05, 4.69) is 41.3 Å². The molecule has 3 aromatic carbocycles. The number of benzene rings is 3. The molecule has 1 heterocycles.